The van der Waals surface area contributed by atoms with Gasteiger partial charge < -0.3 is 11.5 Å². The van der Waals surface area contributed by atoms with Crippen LogP contribution in [0.15, 0.2) is 18.2 Å². The summed E-state index contributed by atoms with van der Waals surface area (Å²) < 4.78 is 12.8. The van der Waals surface area contributed by atoms with E-state index in [1.807, 2.05) is 13.8 Å². The Morgan fingerprint density at radius 3 is 2.38 bits per heavy atom. The Balaban J connectivity index is 2.97. The van der Waals surface area contributed by atoms with Crippen molar-refractivity contribution in [1.29, 1.82) is 0 Å². The van der Waals surface area contributed by atoms with Gasteiger partial charge in [-0.1, -0.05) is 19.9 Å². The van der Waals surface area contributed by atoms with Gasteiger partial charge in [0.25, 0.3) is 0 Å². The molecule has 1 rings (SSSR count). The summed E-state index contributed by atoms with van der Waals surface area (Å²) in [5, 5.41) is 0. The Labute approximate surface area is 77.7 Å². The molecule has 72 valence electrons. The molecule has 1 aromatic rings. The van der Waals surface area contributed by atoms with Crippen molar-refractivity contribution in [2.45, 2.75) is 19.9 Å². The molecule has 0 aromatic heterocycles. The van der Waals surface area contributed by atoms with Gasteiger partial charge in [0, 0.05) is 6.04 Å². The summed E-state index contributed by atoms with van der Waals surface area (Å²) in [4.78, 5) is 0. The molecule has 13 heavy (non-hydrogen) atoms. The van der Waals surface area contributed by atoms with Crippen LogP contribution in [0.25, 0.3) is 0 Å². The second-order valence-electron chi connectivity index (χ2n) is 3.55. The maximum Gasteiger partial charge on any atom is 0.146 e. The van der Waals surface area contributed by atoms with Crippen molar-refractivity contribution in [2.75, 3.05) is 5.73 Å². The van der Waals surface area contributed by atoms with Gasteiger partial charge in [0.2, 0.25) is 0 Å². The van der Waals surface area contributed by atoms with E-state index < -0.39 is 0 Å². The zero-order valence-electron chi connectivity index (χ0n) is 7.92. The highest BCUT2D eigenvalue weighted by Crippen LogP contribution is 2.22. The summed E-state index contributed by atoms with van der Waals surface area (Å²) in [7, 11) is 0. The quantitative estimate of drug-likeness (QED) is 0.688. The molecule has 0 saturated heterocycles. The van der Waals surface area contributed by atoms with Gasteiger partial charge in [-0.05, 0) is 23.6 Å². The SMILES string of the molecule is CC(C)[C@@H](N)c1ccc(F)c(N)c1. The molecular formula is C10H15FN2. The van der Waals surface area contributed by atoms with Gasteiger partial charge in [0.15, 0.2) is 0 Å². The standard InChI is InChI=1S/C10H15FN2/c1-6(2)10(13)7-3-4-8(11)9(12)5-7/h3-6,10H,12-13H2,1-2H3/t10-/m1/s1. The third kappa shape index (κ3) is 2.18. The minimum absolute atomic E-state index is 0.0806. The summed E-state index contributed by atoms with van der Waals surface area (Å²) in [6.45, 7) is 4.04. The molecule has 0 fully saturated rings. The van der Waals surface area contributed by atoms with Crippen LogP contribution in [0, 0.1) is 11.7 Å². The minimum atomic E-state index is -0.389. The largest absolute Gasteiger partial charge is 0.396 e. The van der Waals surface area contributed by atoms with Crippen molar-refractivity contribution in [1.82, 2.24) is 0 Å². The summed E-state index contributed by atoms with van der Waals surface area (Å²) in [6, 6.07) is 4.55. The number of nitrogens with two attached hydrogens (primary N) is 2. The van der Waals surface area contributed by atoms with Crippen LogP contribution in [0.1, 0.15) is 25.5 Å². The number of anilines is 1. The van der Waals surface area contributed by atoms with Crippen molar-refractivity contribution in [3.8, 4) is 0 Å². The average Bonchev–Trinajstić information content (AvgIpc) is 2.08. The van der Waals surface area contributed by atoms with Crippen LogP contribution in [0.4, 0.5) is 10.1 Å². The van der Waals surface area contributed by atoms with Crippen molar-refractivity contribution in [3.05, 3.63) is 29.6 Å². The third-order valence-electron chi connectivity index (χ3n) is 2.12. The van der Waals surface area contributed by atoms with Crippen LogP contribution in [0.2, 0.25) is 0 Å². The smallest absolute Gasteiger partial charge is 0.146 e. The van der Waals surface area contributed by atoms with Crippen LogP contribution in [0.3, 0.4) is 0 Å². The first-order chi connectivity index (χ1) is 6.02. The summed E-state index contributed by atoms with van der Waals surface area (Å²) >= 11 is 0. The fourth-order valence-corrected chi connectivity index (χ4v) is 1.15. The van der Waals surface area contributed by atoms with Crippen molar-refractivity contribution < 1.29 is 4.39 Å². The Bertz CT molecular complexity index is 297. The lowest BCUT2D eigenvalue weighted by Gasteiger charge is -2.16. The fourth-order valence-electron chi connectivity index (χ4n) is 1.15. The highest BCUT2D eigenvalue weighted by molar-refractivity contribution is 5.43. The molecule has 0 aliphatic heterocycles. The number of nitrogen functional groups attached to an aromatic ring is 1. The van der Waals surface area contributed by atoms with Crippen LogP contribution < -0.4 is 11.5 Å². The molecule has 1 atom stereocenters. The summed E-state index contributed by atoms with van der Waals surface area (Å²) in [6.07, 6.45) is 0. The molecule has 3 heteroatoms. The molecule has 0 aliphatic rings. The molecule has 0 bridgehead atoms. The van der Waals surface area contributed by atoms with Gasteiger partial charge in [0.1, 0.15) is 5.82 Å². The van der Waals surface area contributed by atoms with E-state index in [0.717, 1.165) is 5.56 Å². The average molecular weight is 182 g/mol. The lowest BCUT2D eigenvalue weighted by Crippen LogP contribution is -2.16. The van der Waals surface area contributed by atoms with E-state index in [1.165, 1.54) is 6.07 Å². The van der Waals surface area contributed by atoms with Gasteiger partial charge in [-0.15, -0.1) is 0 Å². The van der Waals surface area contributed by atoms with E-state index in [-0.39, 0.29) is 17.5 Å². The summed E-state index contributed by atoms with van der Waals surface area (Å²) in [5.41, 5.74) is 12.4. The lowest BCUT2D eigenvalue weighted by atomic mass is 9.97. The normalized spacial score (nSPS) is 13.3. The van der Waals surface area contributed by atoms with E-state index in [4.69, 9.17) is 11.5 Å². The molecule has 1 aromatic carbocycles. The Morgan fingerprint density at radius 2 is 1.92 bits per heavy atom. The lowest BCUT2D eigenvalue weighted by molar-refractivity contribution is 0.513. The van der Waals surface area contributed by atoms with Crippen molar-refractivity contribution in [2.24, 2.45) is 11.7 Å². The number of hydrogen-bond donors (Lipinski definition) is 2. The zero-order valence-corrected chi connectivity index (χ0v) is 7.92. The molecule has 0 heterocycles. The van der Waals surface area contributed by atoms with Gasteiger partial charge in [-0.25, -0.2) is 4.39 Å². The van der Waals surface area contributed by atoms with E-state index in [9.17, 15) is 4.39 Å². The molecule has 4 N–H and O–H groups in total. The van der Waals surface area contributed by atoms with Gasteiger partial charge >= 0.3 is 0 Å². The van der Waals surface area contributed by atoms with E-state index in [1.54, 1.807) is 12.1 Å². The molecule has 2 nitrogen and oxygen atoms in total. The minimum Gasteiger partial charge on any atom is -0.396 e. The van der Waals surface area contributed by atoms with Crippen LogP contribution >= 0.6 is 0 Å². The summed E-state index contributed by atoms with van der Waals surface area (Å²) in [5.74, 6) is -0.0652. The second kappa shape index (κ2) is 3.75. The zero-order chi connectivity index (χ0) is 10.0. The van der Waals surface area contributed by atoms with E-state index >= 15 is 0 Å². The molecule has 0 radical (unpaired) electrons. The van der Waals surface area contributed by atoms with Gasteiger partial charge in [0.05, 0.1) is 5.69 Å². The first-order valence-corrected chi connectivity index (χ1v) is 4.33. The molecule has 0 spiro atoms. The number of hydrogen-bond acceptors (Lipinski definition) is 2. The Kier molecular flexibility index (Phi) is 2.88. The molecule has 0 aliphatic carbocycles. The third-order valence-corrected chi connectivity index (χ3v) is 2.12. The number of rotatable bonds is 2. The molecular weight excluding hydrogens is 167 g/mol. The van der Waals surface area contributed by atoms with Gasteiger partial charge in [-0.2, -0.15) is 0 Å². The van der Waals surface area contributed by atoms with Crippen LogP contribution in [0.5, 0.6) is 0 Å². The van der Waals surface area contributed by atoms with Crippen molar-refractivity contribution >= 4 is 5.69 Å². The second-order valence-corrected chi connectivity index (χ2v) is 3.55. The van der Waals surface area contributed by atoms with E-state index in [2.05, 4.69) is 0 Å². The highest BCUT2D eigenvalue weighted by Gasteiger charge is 2.11. The monoisotopic (exact) mass is 182 g/mol. The predicted molar refractivity (Wildman–Crippen MR) is 52.6 cm³/mol. The van der Waals surface area contributed by atoms with Crippen LogP contribution in [-0.2, 0) is 0 Å². The fraction of sp³-hybridized carbons (Fsp3) is 0.400. The molecule has 0 unspecified atom stereocenters. The van der Waals surface area contributed by atoms with Crippen LogP contribution in [-0.4, -0.2) is 0 Å². The maximum absolute atomic E-state index is 12.8. The Morgan fingerprint density at radius 1 is 1.31 bits per heavy atom. The maximum atomic E-state index is 12.8. The Hall–Kier alpha value is -1.09. The van der Waals surface area contributed by atoms with E-state index in [0.29, 0.717) is 5.92 Å². The highest BCUT2D eigenvalue weighted by atomic mass is 19.1. The molecule has 0 amide bonds. The van der Waals surface area contributed by atoms with Gasteiger partial charge in [-0.3, -0.25) is 0 Å². The first kappa shape index (κ1) is 9.99. The van der Waals surface area contributed by atoms with Crippen molar-refractivity contribution in [3.63, 3.8) is 0 Å². The topological polar surface area (TPSA) is 52.0 Å². The number of halogens is 1. The first-order valence-electron chi connectivity index (χ1n) is 4.33. The molecule has 0 saturated carbocycles. The predicted octanol–water partition coefficient (Wildman–Crippen LogP) is 2.06. The number of benzene rings is 1.